The lowest BCUT2D eigenvalue weighted by molar-refractivity contribution is -0.140. The number of benzene rings is 2. The first kappa shape index (κ1) is 25.1. The number of amides is 1. The van der Waals surface area contributed by atoms with Crippen LogP contribution in [0.15, 0.2) is 48.0 Å². The van der Waals surface area contributed by atoms with E-state index < -0.39 is 17.7 Å². The van der Waals surface area contributed by atoms with Gasteiger partial charge in [-0.25, -0.2) is 0 Å². The summed E-state index contributed by atoms with van der Waals surface area (Å²) in [5.41, 5.74) is 0.886. The van der Waals surface area contributed by atoms with Crippen molar-refractivity contribution in [3.05, 3.63) is 59.2 Å². The molecular formula is C26H31NO7. The number of carbonyl (C=O) groups excluding carboxylic acids is 2. The zero-order valence-corrected chi connectivity index (χ0v) is 20.2. The molecule has 1 aliphatic rings. The molecule has 1 aliphatic heterocycles. The largest absolute Gasteiger partial charge is 0.507 e. The summed E-state index contributed by atoms with van der Waals surface area (Å²) in [5.74, 6) is -0.227. The van der Waals surface area contributed by atoms with E-state index in [9.17, 15) is 14.7 Å². The van der Waals surface area contributed by atoms with E-state index in [1.54, 1.807) is 42.5 Å². The average molecular weight is 470 g/mol. The van der Waals surface area contributed by atoms with Gasteiger partial charge >= 0.3 is 0 Å². The molecule has 1 fully saturated rings. The Balaban J connectivity index is 2.15. The van der Waals surface area contributed by atoms with Crippen LogP contribution < -0.4 is 14.2 Å². The molecule has 0 bridgehead atoms. The topological polar surface area (TPSA) is 94.5 Å². The fraction of sp³-hybridized carbons (Fsp3) is 0.385. The second kappa shape index (κ2) is 11.1. The number of ether oxygens (including phenoxy) is 4. The number of hydrogen-bond acceptors (Lipinski definition) is 7. The molecule has 1 heterocycles. The molecule has 0 aliphatic carbocycles. The van der Waals surface area contributed by atoms with E-state index in [1.807, 2.05) is 13.8 Å². The number of hydrogen-bond donors (Lipinski definition) is 1. The van der Waals surface area contributed by atoms with Crippen molar-refractivity contribution in [2.45, 2.75) is 32.4 Å². The maximum Gasteiger partial charge on any atom is 0.295 e. The van der Waals surface area contributed by atoms with E-state index in [0.717, 1.165) is 0 Å². The van der Waals surface area contributed by atoms with Gasteiger partial charge < -0.3 is 29.0 Å². The van der Waals surface area contributed by atoms with E-state index in [2.05, 4.69) is 0 Å². The Bertz CT molecular complexity index is 1080. The van der Waals surface area contributed by atoms with E-state index in [1.165, 1.54) is 26.2 Å². The fourth-order valence-electron chi connectivity index (χ4n) is 3.97. The van der Waals surface area contributed by atoms with Crippen molar-refractivity contribution in [2.24, 2.45) is 0 Å². The summed E-state index contributed by atoms with van der Waals surface area (Å²) in [4.78, 5) is 27.8. The van der Waals surface area contributed by atoms with E-state index >= 15 is 0 Å². The van der Waals surface area contributed by atoms with Gasteiger partial charge in [-0.2, -0.15) is 0 Å². The van der Waals surface area contributed by atoms with Crippen molar-refractivity contribution in [3.63, 3.8) is 0 Å². The minimum atomic E-state index is -0.865. The van der Waals surface area contributed by atoms with E-state index in [0.29, 0.717) is 41.4 Å². The van der Waals surface area contributed by atoms with Gasteiger partial charge in [0.2, 0.25) is 0 Å². The number of ketones is 1. The number of rotatable bonds is 10. The van der Waals surface area contributed by atoms with Crippen LogP contribution >= 0.6 is 0 Å². The first-order valence-corrected chi connectivity index (χ1v) is 11.1. The van der Waals surface area contributed by atoms with Crippen LogP contribution in [0, 0.1) is 0 Å². The van der Waals surface area contributed by atoms with Gasteiger partial charge in [0.25, 0.3) is 11.7 Å². The zero-order chi connectivity index (χ0) is 24.8. The van der Waals surface area contributed by atoms with Gasteiger partial charge in [0, 0.05) is 24.3 Å². The molecule has 0 saturated carbocycles. The van der Waals surface area contributed by atoms with Crippen LogP contribution in [0.2, 0.25) is 0 Å². The Morgan fingerprint density at radius 3 is 2.35 bits per heavy atom. The standard InChI is InChI=1S/C26H31NO7/c1-16(2)34-13-7-12-27-23(20-15-19(32-4)10-11-21(20)33-5)22(25(29)26(27)30)24(28)17-8-6-9-18(14-17)31-3/h6,8-11,14-16,23,28H,7,12-13H2,1-5H3/t23-/m0/s1. The van der Waals surface area contributed by atoms with Gasteiger partial charge in [-0.15, -0.1) is 0 Å². The molecule has 1 N–H and O–H groups in total. The highest BCUT2D eigenvalue weighted by Crippen LogP contribution is 2.44. The summed E-state index contributed by atoms with van der Waals surface area (Å²) in [6.45, 7) is 4.55. The molecule has 3 rings (SSSR count). The van der Waals surface area contributed by atoms with Crippen LogP contribution in [-0.2, 0) is 14.3 Å². The highest BCUT2D eigenvalue weighted by molar-refractivity contribution is 6.46. The van der Waals surface area contributed by atoms with Gasteiger partial charge in [-0.05, 0) is 50.6 Å². The molecule has 0 aromatic heterocycles. The predicted octanol–water partition coefficient (Wildman–Crippen LogP) is 3.95. The minimum absolute atomic E-state index is 0.0189. The maximum atomic E-state index is 13.2. The van der Waals surface area contributed by atoms with E-state index in [4.69, 9.17) is 18.9 Å². The van der Waals surface area contributed by atoms with Crippen LogP contribution in [-0.4, -0.2) is 62.3 Å². The van der Waals surface area contributed by atoms with Crippen LogP contribution in [0.1, 0.15) is 37.4 Å². The molecule has 0 spiro atoms. The number of aliphatic hydroxyl groups excluding tert-OH is 1. The first-order valence-electron chi connectivity index (χ1n) is 11.1. The van der Waals surface area contributed by atoms with Crippen LogP contribution in [0.4, 0.5) is 0 Å². The molecule has 34 heavy (non-hydrogen) atoms. The summed E-state index contributed by atoms with van der Waals surface area (Å²) >= 11 is 0. The molecule has 2 aromatic carbocycles. The van der Waals surface area contributed by atoms with Crippen molar-refractivity contribution in [2.75, 3.05) is 34.5 Å². The van der Waals surface area contributed by atoms with Crippen molar-refractivity contribution in [1.29, 1.82) is 0 Å². The highest BCUT2D eigenvalue weighted by atomic mass is 16.5. The van der Waals surface area contributed by atoms with Crippen molar-refractivity contribution in [3.8, 4) is 17.2 Å². The lowest BCUT2D eigenvalue weighted by Gasteiger charge is -2.27. The molecule has 0 unspecified atom stereocenters. The van der Waals surface area contributed by atoms with Crippen LogP contribution in [0.5, 0.6) is 17.2 Å². The number of carbonyl (C=O) groups is 2. The molecule has 182 valence electrons. The zero-order valence-electron chi connectivity index (χ0n) is 20.2. The maximum absolute atomic E-state index is 13.2. The van der Waals surface area contributed by atoms with E-state index in [-0.39, 0.29) is 24.0 Å². The monoisotopic (exact) mass is 469 g/mol. The van der Waals surface area contributed by atoms with Crippen LogP contribution in [0.25, 0.3) is 5.76 Å². The second-order valence-electron chi connectivity index (χ2n) is 8.11. The third-order valence-corrected chi connectivity index (χ3v) is 5.61. The molecule has 8 heteroatoms. The molecule has 1 amide bonds. The lowest BCUT2D eigenvalue weighted by Crippen LogP contribution is -2.31. The number of aliphatic hydroxyl groups is 1. The highest BCUT2D eigenvalue weighted by Gasteiger charge is 2.47. The Labute approximate surface area is 199 Å². The summed E-state index contributed by atoms with van der Waals surface area (Å²) in [6.07, 6.45) is 0.574. The second-order valence-corrected chi connectivity index (χ2v) is 8.11. The summed E-state index contributed by atoms with van der Waals surface area (Å²) in [7, 11) is 4.55. The van der Waals surface area contributed by atoms with Gasteiger partial charge in [0.1, 0.15) is 23.0 Å². The third kappa shape index (κ3) is 5.17. The van der Waals surface area contributed by atoms with Gasteiger partial charge in [-0.1, -0.05) is 12.1 Å². The summed E-state index contributed by atoms with van der Waals surface area (Å²) in [6, 6.07) is 11.0. The van der Waals surface area contributed by atoms with Crippen molar-refractivity contribution < 1.29 is 33.6 Å². The van der Waals surface area contributed by atoms with Gasteiger partial charge in [0.15, 0.2) is 0 Å². The molecule has 0 radical (unpaired) electrons. The lowest BCUT2D eigenvalue weighted by atomic mass is 9.94. The first-order chi connectivity index (χ1) is 16.3. The Hall–Kier alpha value is -3.52. The average Bonchev–Trinajstić information content (AvgIpc) is 3.10. The Kier molecular flexibility index (Phi) is 8.17. The SMILES string of the molecule is COc1cccc(C(O)=C2C(=O)C(=O)N(CCCOC(C)C)[C@H]2c2cc(OC)ccc2OC)c1. The predicted molar refractivity (Wildman–Crippen MR) is 127 cm³/mol. The molecule has 2 aromatic rings. The van der Waals surface area contributed by atoms with Crippen molar-refractivity contribution in [1.82, 2.24) is 4.90 Å². The normalized spacial score (nSPS) is 17.4. The molecule has 1 saturated heterocycles. The number of Topliss-reactive ketones (excluding diaryl/α,β-unsaturated/α-hetero) is 1. The van der Waals surface area contributed by atoms with Crippen LogP contribution in [0.3, 0.4) is 0 Å². The smallest absolute Gasteiger partial charge is 0.295 e. The Morgan fingerprint density at radius 2 is 1.71 bits per heavy atom. The van der Waals surface area contributed by atoms with Gasteiger partial charge in [0.05, 0.1) is 39.0 Å². The van der Waals surface area contributed by atoms with Gasteiger partial charge in [-0.3, -0.25) is 9.59 Å². The summed E-state index contributed by atoms with van der Waals surface area (Å²) in [5, 5.41) is 11.2. The van der Waals surface area contributed by atoms with Crippen molar-refractivity contribution >= 4 is 17.4 Å². The Morgan fingerprint density at radius 1 is 1.00 bits per heavy atom. The quantitative estimate of drug-likeness (QED) is 0.244. The summed E-state index contributed by atoms with van der Waals surface area (Å²) < 4.78 is 21.8. The molecular weight excluding hydrogens is 438 g/mol. The number of methoxy groups -OCH3 is 3. The number of likely N-dealkylation sites (tertiary alicyclic amines) is 1. The fourth-order valence-corrected chi connectivity index (χ4v) is 3.97. The molecule has 8 nitrogen and oxygen atoms in total. The minimum Gasteiger partial charge on any atom is -0.507 e. The third-order valence-electron chi connectivity index (χ3n) is 5.61. The number of nitrogens with zero attached hydrogens (tertiary/aromatic N) is 1. The molecule has 1 atom stereocenters.